The van der Waals surface area contributed by atoms with Crippen molar-refractivity contribution in [3.8, 4) is 0 Å². The molecule has 1 N–H and O–H groups in total. The second kappa shape index (κ2) is 5.00. The number of piperazine rings is 1. The summed E-state index contributed by atoms with van der Waals surface area (Å²) in [7, 11) is 0. The van der Waals surface area contributed by atoms with Crippen molar-refractivity contribution >= 4 is 23.6 Å². The van der Waals surface area contributed by atoms with Gasteiger partial charge in [-0.05, 0) is 36.9 Å². The summed E-state index contributed by atoms with van der Waals surface area (Å²) in [5, 5.41) is 2.98. The lowest BCUT2D eigenvalue weighted by Crippen LogP contribution is -2.67. The van der Waals surface area contributed by atoms with Gasteiger partial charge in [-0.3, -0.25) is 9.59 Å². The van der Waals surface area contributed by atoms with Crippen molar-refractivity contribution in [3.63, 3.8) is 0 Å². The van der Waals surface area contributed by atoms with Gasteiger partial charge < -0.3 is 10.2 Å². The number of carbonyl (C=O) groups is 2. The second-order valence-electron chi connectivity index (χ2n) is 6.28. The van der Waals surface area contributed by atoms with E-state index in [1.54, 1.807) is 0 Å². The maximum atomic E-state index is 12.8. The van der Waals surface area contributed by atoms with E-state index in [1.807, 2.05) is 30.5 Å². The standard InChI is InChI=1S/C14H22N2O2S/c1-8(2)12-13(17)15-11(9-3-4-9)14(18)16(12)10-5-6-19-7-10/h8-12H,3-7H2,1-2H3,(H,15,17). The molecule has 3 atom stereocenters. The molecule has 2 aliphatic heterocycles. The molecule has 2 saturated heterocycles. The third kappa shape index (κ3) is 2.37. The van der Waals surface area contributed by atoms with Crippen LogP contribution in [0.3, 0.4) is 0 Å². The van der Waals surface area contributed by atoms with E-state index in [2.05, 4.69) is 5.32 Å². The van der Waals surface area contributed by atoms with Crippen molar-refractivity contribution in [2.75, 3.05) is 11.5 Å². The topological polar surface area (TPSA) is 49.4 Å². The Kier molecular flexibility index (Phi) is 3.50. The number of nitrogens with one attached hydrogen (secondary N) is 1. The quantitative estimate of drug-likeness (QED) is 0.847. The predicted octanol–water partition coefficient (Wildman–Crippen LogP) is 1.25. The highest BCUT2D eigenvalue weighted by atomic mass is 32.2. The molecule has 4 nitrogen and oxygen atoms in total. The number of nitrogens with zero attached hydrogens (tertiary/aromatic N) is 1. The van der Waals surface area contributed by atoms with Crippen molar-refractivity contribution in [2.45, 2.75) is 51.2 Å². The Morgan fingerprint density at radius 3 is 2.53 bits per heavy atom. The number of carbonyl (C=O) groups excluding carboxylic acids is 2. The van der Waals surface area contributed by atoms with E-state index in [1.165, 1.54) is 0 Å². The van der Waals surface area contributed by atoms with E-state index >= 15 is 0 Å². The van der Waals surface area contributed by atoms with Gasteiger partial charge >= 0.3 is 0 Å². The first-order valence-corrected chi connectivity index (χ1v) is 8.45. The Balaban J connectivity index is 1.87. The van der Waals surface area contributed by atoms with Gasteiger partial charge in [0.05, 0.1) is 0 Å². The molecule has 0 spiro atoms. The highest BCUT2D eigenvalue weighted by molar-refractivity contribution is 7.99. The number of thioether (sulfide) groups is 1. The van der Waals surface area contributed by atoms with Crippen LogP contribution in [0, 0.1) is 11.8 Å². The second-order valence-corrected chi connectivity index (χ2v) is 7.43. The minimum absolute atomic E-state index is 0.0587. The van der Waals surface area contributed by atoms with Crippen LogP contribution in [-0.4, -0.2) is 46.3 Å². The molecule has 1 saturated carbocycles. The fourth-order valence-electron chi connectivity index (χ4n) is 3.25. The van der Waals surface area contributed by atoms with Crippen LogP contribution in [-0.2, 0) is 9.59 Å². The largest absolute Gasteiger partial charge is 0.342 e. The summed E-state index contributed by atoms with van der Waals surface area (Å²) >= 11 is 1.89. The van der Waals surface area contributed by atoms with Crippen LogP contribution in [0.4, 0.5) is 0 Å². The minimum atomic E-state index is -0.272. The maximum Gasteiger partial charge on any atom is 0.246 e. The summed E-state index contributed by atoms with van der Waals surface area (Å²) in [4.78, 5) is 27.1. The average Bonchev–Trinajstić information content (AvgIpc) is 3.06. The van der Waals surface area contributed by atoms with E-state index in [-0.39, 0.29) is 35.9 Å². The van der Waals surface area contributed by atoms with Crippen molar-refractivity contribution in [2.24, 2.45) is 11.8 Å². The van der Waals surface area contributed by atoms with Crippen molar-refractivity contribution in [1.29, 1.82) is 0 Å². The highest BCUT2D eigenvalue weighted by Crippen LogP contribution is 2.37. The van der Waals surface area contributed by atoms with E-state index < -0.39 is 0 Å². The van der Waals surface area contributed by atoms with E-state index in [0.717, 1.165) is 30.8 Å². The highest BCUT2D eigenvalue weighted by Gasteiger charge is 2.49. The normalized spacial score (nSPS) is 35.9. The fraction of sp³-hybridized carbons (Fsp3) is 0.857. The number of hydrogen-bond donors (Lipinski definition) is 1. The summed E-state index contributed by atoms with van der Waals surface area (Å²) in [6.07, 6.45) is 3.19. The molecule has 0 aromatic rings. The van der Waals surface area contributed by atoms with Gasteiger partial charge in [-0.25, -0.2) is 0 Å². The van der Waals surface area contributed by atoms with Gasteiger partial charge in [-0.1, -0.05) is 13.8 Å². The summed E-state index contributed by atoms with van der Waals surface area (Å²) in [6.45, 7) is 4.06. The molecule has 0 aromatic carbocycles. The molecule has 3 fully saturated rings. The van der Waals surface area contributed by atoms with Crippen LogP contribution in [0.2, 0.25) is 0 Å². The van der Waals surface area contributed by atoms with Crippen molar-refractivity contribution < 1.29 is 9.59 Å². The SMILES string of the molecule is CC(C)C1C(=O)NC(C2CC2)C(=O)N1C1CCSC1. The van der Waals surface area contributed by atoms with Crippen LogP contribution in [0.25, 0.3) is 0 Å². The van der Waals surface area contributed by atoms with E-state index in [0.29, 0.717) is 5.92 Å². The summed E-state index contributed by atoms with van der Waals surface area (Å²) in [6, 6.07) is -0.253. The van der Waals surface area contributed by atoms with Gasteiger partial charge in [0.15, 0.2) is 0 Å². The van der Waals surface area contributed by atoms with Crippen molar-refractivity contribution in [1.82, 2.24) is 10.2 Å². The molecular weight excluding hydrogens is 260 g/mol. The zero-order valence-corrected chi connectivity index (χ0v) is 12.4. The molecule has 3 unspecified atom stereocenters. The average molecular weight is 282 g/mol. The number of hydrogen-bond acceptors (Lipinski definition) is 3. The van der Waals surface area contributed by atoms with Crippen LogP contribution in [0.1, 0.15) is 33.1 Å². The maximum absolute atomic E-state index is 12.8. The zero-order chi connectivity index (χ0) is 13.6. The van der Waals surface area contributed by atoms with Crippen LogP contribution in [0.15, 0.2) is 0 Å². The third-order valence-corrected chi connectivity index (χ3v) is 5.56. The molecule has 0 aromatic heterocycles. The monoisotopic (exact) mass is 282 g/mol. The van der Waals surface area contributed by atoms with Crippen molar-refractivity contribution in [3.05, 3.63) is 0 Å². The Labute approximate surface area is 118 Å². The summed E-state index contributed by atoms with van der Waals surface area (Å²) in [5.41, 5.74) is 0. The molecule has 106 valence electrons. The predicted molar refractivity (Wildman–Crippen MR) is 75.9 cm³/mol. The van der Waals surface area contributed by atoms with E-state index in [9.17, 15) is 9.59 Å². The lowest BCUT2D eigenvalue weighted by molar-refractivity contribution is -0.154. The Morgan fingerprint density at radius 2 is 2.00 bits per heavy atom. The van der Waals surface area contributed by atoms with Gasteiger partial charge in [-0.15, -0.1) is 0 Å². The molecule has 1 aliphatic carbocycles. The molecule has 0 bridgehead atoms. The minimum Gasteiger partial charge on any atom is -0.342 e. The first-order chi connectivity index (χ1) is 9.09. The first kappa shape index (κ1) is 13.3. The van der Waals surface area contributed by atoms with Crippen LogP contribution >= 0.6 is 11.8 Å². The van der Waals surface area contributed by atoms with Gasteiger partial charge in [-0.2, -0.15) is 11.8 Å². The Bertz CT molecular complexity index is 389. The molecule has 0 radical (unpaired) electrons. The van der Waals surface area contributed by atoms with Crippen LogP contribution in [0.5, 0.6) is 0 Å². The molecule has 19 heavy (non-hydrogen) atoms. The van der Waals surface area contributed by atoms with Gasteiger partial charge in [0.2, 0.25) is 11.8 Å². The smallest absolute Gasteiger partial charge is 0.246 e. The van der Waals surface area contributed by atoms with Gasteiger partial charge in [0.1, 0.15) is 12.1 Å². The Morgan fingerprint density at radius 1 is 1.26 bits per heavy atom. The molecule has 3 rings (SSSR count). The van der Waals surface area contributed by atoms with Gasteiger partial charge in [0.25, 0.3) is 0 Å². The Hall–Kier alpha value is -0.710. The van der Waals surface area contributed by atoms with E-state index in [4.69, 9.17) is 0 Å². The van der Waals surface area contributed by atoms with Gasteiger partial charge in [0, 0.05) is 11.8 Å². The lowest BCUT2D eigenvalue weighted by atomic mass is 9.93. The number of amides is 2. The molecule has 2 heterocycles. The lowest BCUT2D eigenvalue weighted by Gasteiger charge is -2.44. The third-order valence-electron chi connectivity index (χ3n) is 4.41. The number of rotatable bonds is 3. The first-order valence-electron chi connectivity index (χ1n) is 7.30. The molecular formula is C14H22N2O2S. The molecule has 3 aliphatic rings. The van der Waals surface area contributed by atoms with Crippen LogP contribution < -0.4 is 5.32 Å². The summed E-state index contributed by atoms with van der Waals surface area (Å²) < 4.78 is 0. The zero-order valence-electron chi connectivity index (χ0n) is 11.6. The molecule has 5 heteroatoms. The molecule has 2 amide bonds. The fourth-order valence-corrected chi connectivity index (χ4v) is 4.45. The summed E-state index contributed by atoms with van der Waals surface area (Å²) in [5.74, 6) is 2.89.